The fraction of sp³-hybridized carbons (Fsp3) is 0.200. The summed E-state index contributed by atoms with van der Waals surface area (Å²) in [5.74, 6) is 0.0241. The van der Waals surface area contributed by atoms with Gasteiger partial charge in [0.05, 0.1) is 0 Å². The zero-order valence-corrected chi connectivity index (χ0v) is 13.3. The van der Waals surface area contributed by atoms with Crippen LogP contribution in [-0.2, 0) is 9.53 Å². The highest BCUT2D eigenvalue weighted by atomic mass is 16.6. The Morgan fingerprint density at radius 3 is 2.30 bits per heavy atom. The molecule has 0 amide bonds. The maximum atomic E-state index is 12.4. The minimum absolute atomic E-state index is 0.0728. The van der Waals surface area contributed by atoms with E-state index >= 15 is 0 Å². The first-order chi connectivity index (χ1) is 11.1. The molecule has 3 nitrogen and oxygen atoms in total. The quantitative estimate of drug-likeness (QED) is 0.798. The van der Waals surface area contributed by atoms with Crippen molar-refractivity contribution in [2.24, 2.45) is 10.9 Å². The molecule has 23 heavy (non-hydrogen) atoms. The number of aliphatic imine (C=N–C) groups is 1. The van der Waals surface area contributed by atoms with E-state index in [-0.39, 0.29) is 11.9 Å². The number of carbonyl (C=O) groups is 1. The van der Waals surface area contributed by atoms with Crippen LogP contribution in [0.5, 0.6) is 0 Å². The first-order valence-corrected chi connectivity index (χ1v) is 7.70. The summed E-state index contributed by atoms with van der Waals surface area (Å²) in [5, 5.41) is 0. The van der Waals surface area contributed by atoms with E-state index in [2.05, 4.69) is 4.99 Å². The minimum atomic E-state index is -0.892. The van der Waals surface area contributed by atoms with Gasteiger partial charge in [-0.15, -0.1) is 0 Å². The van der Waals surface area contributed by atoms with Gasteiger partial charge in [0.15, 0.2) is 5.54 Å². The molecule has 0 radical (unpaired) electrons. The lowest BCUT2D eigenvalue weighted by atomic mass is 9.87. The second-order valence-electron chi connectivity index (χ2n) is 5.88. The first kappa shape index (κ1) is 15.2. The molecular formula is C20H19NO2. The van der Waals surface area contributed by atoms with E-state index in [1.807, 2.05) is 86.7 Å². The Hall–Kier alpha value is -2.68. The van der Waals surface area contributed by atoms with Crippen LogP contribution in [0.3, 0.4) is 0 Å². The second-order valence-corrected chi connectivity index (χ2v) is 5.88. The molecule has 0 saturated carbocycles. The van der Waals surface area contributed by atoms with Crippen LogP contribution in [0, 0.1) is 5.92 Å². The van der Waals surface area contributed by atoms with Crippen molar-refractivity contribution in [2.45, 2.75) is 19.4 Å². The molecule has 0 N–H and O–H groups in total. The molecule has 0 aliphatic carbocycles. The summed E-state index contributed by atoms with van der Waals surface area (Å²) in [6.07, 6.45) is 4.02. The summed E-state index contributed by atoms with van der Waals surface area (Å²) in [4.78, 5) is 16.9. The third-order valence-corrected chi connectivity index (χ3v) is 4.22. The first-order valence-electron chi connectivity index (χ1n) is 7.70. The van der Waals surface area contributed by atoms with Crippen molar-refractivity contribution in [3.8, 4) is 0 Å². The van der Waals surface area contributed by atoms with Gasteiger partial charge in [-0.05, 0) is 24.6 Å². The number of benzene rings is 2. The summed E-state index contributed by atoms with van der Waals surface area (Å²) in [5.41, 5.74) is 1.03. The van der Waals surface area contributed by atoms with Crippen molar-refractivity contribution in [1.29, 1.82) is 0 Å². The number of nitrogens with zero attached hydrogens (tertiary/aromatic N) is 1. The standard InChI is InChI=1S/C20H19NO2/c1-15(13-14-16-9-5-3-6-10-16)20(2)19(22)23-18(21-20)17-11-7-4-8-12-17/h3-15H,1-2H3/b14-13+/t15-,20+/m0/s1. The smallest absolute Gasteiger partial charge is 0.341 e. The summed E-state index contributed by atoms with van der Waals surface area (Å²) in [6.45, 7) is 3.81. The molecule has 1 aliphatic rings. The average molecular weight is 305 g/mol. The van der Waals surface area contributed by atoms with Crippen LogP contribution >= 0.6 is 0 Å². The SMILES string of the molecule is C[C@@H](/C=C/c1ccccc1)[C@@]1(C)N=C(c2ccccc2)OC1=O. The fourth-order valence-electron chi connectivity index (χ4n) is 2.47. The maximum absolute atomic E-state index is 12.4. The number of hydrogen-bond donors (Lipinski definition) is 0. The average Bonchev–Trinajstić information content (AvgIpc) is 2.91. The number of esters is 1. The Bertz CT molecular complexity index is 750. The van der Waals surface area contributed by atoms with E-state index < -0.39 is 5.54 Å². The van der Waals surface area contributed by atoms with Crippen LogP contribution in [0.15, 0.2) is 71.7 Å². The number of hydrogen-bond acceptors (Lipinski definition) is 3. The van der Waals surface area contributed by atoms with Crippen LogP contribution in [0.1, 0.15) is 25.0 Å². The van der Waals surface area contributed by atoms with Gasteiger partial charge in [-0.3, -0.25) is 0 Å². The number of cyclic esters (lactones) is 1. The molecule has 0 aromatic heterocycles. The van der Waals surface area contributed by atoms with Crippen LogP contribution < -0.4 is 0 Å². The fourth-order valence-corrected chi connectivity index (χ4v) is 2.47. The Morgan fingerprint density at radius 2 is 1.65 bits per heavy atom. The minimum Gasteiger partial charge on any atom is -0.405 e. The molecule has 1 heterocycles. The molecule has 3 heteroatoms. The molecule has 2 aromatic rings. The van der Waals surface area contributed by atoms with Crippen LogP contribution in [0.25, 0.3) is 6.08 Å². The number of rotatable bonds is 4. The summed E-state index contributed by atoms with van der Waals surface area (Å²) >= 11 is 0. The zero-order valence-electron chi connectivity index (χ0n) is 13.3. The van der Waals surface area contributed by atoms with E-state index in [1.54, 1.807) is 0 Å². The Morgan fingerprint density at radius 1 is 1.04 bits per heavy atom. The second kappa shape index (κ2) is 6.21. The molecule has 2 aromatic carbocycles. The van der Waals surface area contributed by atoms with Crippen molar-refractivity contribution in [3.63, 3.8) is 0 Å². The van der Waals surface area contributed by atoms with Gasteiger partial charge in [0.1, 0.15) is 0 Å². The molecule has 116 valence electrons. The van der Waals surface area contributed by atoms with Gasteiger partial charge in [-0.2, -0.15) is 0 Å². The molecule has 3 rings (SSSR count). The normalized spacial score (nSPS) is 22.0. The van der Waals surface area contributed by atoms with Crippen molar-refractivity contribution in [3.05, 3.63) is 77.9 Å². The molecule has 0 spiro atoms. The van der Waals surface area contributed by atoms with Gasteiger partial charge in [0.25, 0.3) is 0 Å². The predicted octanol–water partition coefficient (Wildman–Crippen LogP) is 4.10. The van der Waals surface area contributed by atoms with Gasteiger partial charge < -0.3 is 4.74 Å². The highest BCUT2D eigenvalue weighted by Gasteiger charge is 2.45. The molecule has 0 saturated heterocycles. The maximum Gasteiger partial charge on any atom is 0.341 e. The predicted molar refractivity (Wildman–Crippen MR) is 92.1 cm³/mol. The van der Waals surface area contributed by atoms with Gasteiger partial charge in [-0.25, -0.2) is 9.79 Å². The van der Waals surface area contributed by atoms with Crippen LogP contribution in [0.4, 0.5) is 0 Å². The number of ether oxygens (including phenoxy) is 1. The van der Waals surface area contributed by atoms with Crippen LogP contribution in [-0.4, -0.2) is 17.4 Å². The monoisotopic (exact) mass is 305 g/mol. The Kier molecular flexibility index (Phi) is 4.11. The van der Waals surface area contributed by atoms with E-state index in [4.69, 9.17) is 4.74 Å². The Labute approximate surface area is 136 Å². The molecule has 0 fully saturated rings. The van der Waals surface area contributed by atoms with Crippen molar-refractivity contribution in [1.82, 2.24) is 0 Å². The summed E-state index contributed by atoms with van der Waals surface area (Å²) in [7, 11) is 0. The lowest BCUT2D eigenvalue weighted by Gasteiger charge is -2.21. The molecule has 0 unspecified atom stereocenters. The lowest BCUT2D eigenvalue weighted by Crippen LogP contribution is -2.36. The van der Waals surface area contributed by atoms with Crippen molar-refractivity contribution < 1.29 is 9.53 Å². The third-order valence-electron chi connectivity index (χ3n) is 4.22. The molecule has 2 atom stereocenters. The van der Waals surface area contributed by atoms with Gasteiger partial charge >= 0.3 is 5.97 Å². The molecule has 1 aliphatic heterocycles. The topological polar surface area (TPSA) is 38.7 Å². The van der Waals surface area contributed by atoms with E-state index in [9.17, 15) is 4.79 Å². The zero-order chi connectivity index (χ0) is 16.3. The van der Waals surface area contributed by atoms with Gasteiger partial charge in [-0.1, -0.05) is 67.6 Å². The molecular weight excluding hydrogens is 286 g/mol. The van der Waals surface area contributed by atoms with Crippen molar-refractivity contribution >= 4 is 17.9 Å². The largest absolute Gasteiger partial charge is 0.405 e. The van der Waals surface area contributed by atoms with Crippen LogP contribution in [0.2, 0.25) is 0 Å². The highest BCUT2D eigenvalue weighted by molar-refractivity contribution is 6.08. The summed E-state index contributed by atoms with van der Waals surface area (Å²) in [6, 6.07) is 19.5. The van der Waals surface area contributed by atoms with E-state index in [0.717, 1.165) is 11.1 Å². The molecule has 0 bridgehead atoms. The van der Waals surface area contributed by atoms with E-state index in [1.165, 1.54) is 0 Å². The Balaban J connectivity index is 1.84. The third kappa shape index (κ3) is 3.09. The van der Waals surface area contributed by atoms with Crippen molar-refractivity contribution in [2.75, 3.05) is 0 Å². The number of carbonyl (C=O) groups excluding carboxylic acids is 1. The van der Waals surface area contributed by atoms with Gasteiger partial charge in [0, 0.05) is 11.5 Å². The van der Waals surface area contributed by atoms with E-state index in [0.29, 0.717) is 5.90 Å². The lowest BCUT2D eigenvalue weighted by molar-refractivity contribution is -0.139. The summed E-state index contributed by atoms with van der Waals surface area (Å²) < 4.78 is 5.41. The highest BCUT2D eigenvalue weighted by Crippen LogP contribution is 2.31. The van der Waals surface area contributed by atoms with Gasteiger partial charge in [0.2, 0.25) is 5.90 Å².